The molecule has 1 saturated heterocycles. The average Bonchev–Trinajstić information content (AvgIpc) is 3.00. The van der Waals surface area contributed by atoms with Crippen LogP contribution in [0.25, 0.3) is 33.8 Å². The van der Waals surface area contributed by atoms with Crippen LogP contribution in [0.3, 0.4) is 0 Å². The first-order chi connectivity index (χ1) is 22.2. The Labute approximate surface area is 265 Å². The van der Waals surface area contributed by atoms with Gasteiger partial charge in [-0.1, -0.05) is 71.1 Å². The molecule has 0 unspecified atom stereocenters. The van der Waals surface area contributed by atoms with Crippen molar-refractivity contribution >= 4 is 28.7 Å². The van der Waals surface area contributed by atoms with E-state index in [-0.39, 0.29) is 36.3 Å². The summed E-state index contributed by atoms with van der Waals surface area (Å²) in [6, 6.07) is 11.0. The van der Waals surface area contributed by atoms with Crippen molar-refractivity contribution in [3.8, 4) is 16.8 Å². The standard InChI is InChI=1S/C36H39F2N5O2/c1-9-25-12-10-11-13-27(25)28-17-31-29(16-30(28)38)34(42-22(6)18-41(19-23(42)7)35(44)24(8)37)40-36(45)43(31)33-26(20(2)3)14-15-39-32(33)21(4)5/h9-17,20-23H,1,8,18-19H2,2-7H3/t22-,23-/m0/s1/i1D2. The third kappa shape index (κ3) is 5.67. The van der Waals surface area contributed by atoms with Gasteiger partial charge in [0.1, 0.15) is 11.6 Å². The average molecular weight is 614 g/mol. The quantitative estimate of drug-likeness (QED) is 0.203. The highest BCUT2D eigenvalue weighted by Gasteiger charge is 2.35. The molecule has 5 rings (SSSR count). The number of benzene rings is 2. The summed E-state index contributed by atoms with van der Waals surface area (Å²) < 4.78 is 47.2. The molecule has 1 amide bonds. The summed E-state index contributed by atoms with van der Waals surface area (Å²) in [5, 5.41) is 0.377. The van der Waals surface area contributed by atoms with Crippen LogP contribution in [0.15, 0.2) is 72.4 Å². The lowest BCUT2D eigenvalue weighted by molar-refractivity contribution is -0.129. The molecule has 0 radical (unpaired) electrons. The number of nitrogens with zero attached hydrogens (tertiary/aromatic N) is 5. The van der Waals surface area contributed by atoms with Crippen LogP contribution in [0.1, 0.15) is 72.9 Å². The number of piperazine rings is 1. The molecule has 1 aliphatic rings. The highest BCUT2D eigenvalue weighted by Crippen LogP contribution is 2.38. The number of carbonyl (C=O) groups excluding carboxylic acids is 1. The second-order valence-corrected chi connectivity index (χ2v) is 12.3. The Bertz CT molecular complexity index is 1930. The number of anilines is 1. The molecule has 0 N–H and O–H groups in total. The van der Waals surface area contributed by atoms with Gasteiger partial charge in [0.25, 0.3) is 5.91 Å². The lowest BCUT2D eigenvalue weighted by Gasteiger charge is -2.45. The highest BCUT2D eigenvalue weighted by molar-refractivity contribution is 5.95. The van der Waals surface area contributed by atoms with Crippen LogP contribution in [0, 0.1) is 5.82 Å². The van der Waals surface area contributed by atoms with E-state index < -0.39 is 41.9 Å². The molecule has 2 aromatic carbocycles. The molecule has 0 spiro atoms. The molecule has 45 heavy (non-hydrogen) atoms. The summed E-state index contributed by atoms with van der Waals surface area (Å²) in [6.45, 7) is 14.8. The molecular formula is C36H39F2N5O2. The smallest absolute Gasteiger partial charge is 0.347 e. The minimum atomic E-state index is -1.05. The molecule has 3 heterocycles. The first-order valence-electron chi connectivity index (χ1n) is 16.1. The van der Waals surface area contributed by atoms with E-state index in [0.717, 1.165) is 5.56 Å². The number of aromatic nitrogens is 3. The van der Waals surface area contributed by atoms with Gasteiger partial charge in [0.2, 0.25) is 0 Å². The maximum Gasteiger partial charge on any atom is 0.354 e. The van der Waals surface area contributed by atoms with Crippen LogP contribution in [0.4, 0.5) is 14.6 Å². The summed E-state index contributed by atoms with van der Waals surface area (Å²) in [5.41, 5.74) is 3.12. The fraction of sp³-hybridized carbons (Fsp3) is 0.333. The predicted molar refractivity (Wildman–Crippen MR) is 177 cm³/mol. The topological polar surface area (TPSA) is 71.3 Å². The molecule has 1 fully saturated rings. The normalized spacial score (nSPS) is 17.5. The first-order valence-corrected chi connectivity index (χ1v) is 15.1. The fourth-order valence-corrected chi connectivity index (χ4v) is 6.41. The Morgan fingerprint density at radius 1 is 1.07 bits per heavy atom. The molecule has 0 saturated carbocycles. The molecule has 4 aromatic rings. The monoisotopic (exact) mass is 613 g/mol. The largest absolute Gasteiger partial charge is 0.354 e. The zero-order valence-electron chi connectivity index (χ0n) is 28.4. The van der Waals surface area contributed by atoms with Crippen molar-refractivity contribution in [2.24, 2.45) is 0 Å². The second kappa shape index (κ2) is 12.4. The van der Waals surface area contributed by atoms with Crippen LogP contribution >= 0.6 is 0 Å². The lowest BCUT2D eigenvalue weighted by Crippen LogP contribution is -2.59. The van der Waals surface area contributed by atoms with Crippen molar-refractivity contribution in [3.05, 3.63) is 101 Å². The Morgan fingerprint density at radius 3 is 2.38 bits per heavy atom. The van der Waals surface area contributed by atoms with Crippen LogP contribution < -0.4 is 10.6 Å². The van der Waals surface area contributed by atoms with Gasteiger partial charge in [0, 0.05) is 42.3 Å². The van der Waals surface area contributed by atoms with Crippen molar-refractivity contribution in [2.75, 3.05) is 18.0 Å². The van der Waals surface area contributed by atoms with Crippen LogP contribution in [-0.4, -0.2) is 50.5 Å². The molecular weight excluding hydrogens is 572 g/mol. The van der Waals surface area contributed by atoms with E-state index >= 15 is 4.39 Å². The van der Waals surface area contributed by atoms with E-state index in [9.17, 15) is 14.0 Å². The number of halogens is 2. The highest BCUT2D eigenvalue weighted by atomic mass is 19.1. The van der Waals surface area contributed by atoms with Crippen molar-refractivity contribution in [1.29, 1.82) is 0 Å². The molecule has 234 valence electrons. The molecule has 2 atom stereocenters. The number of rotatable bonds is 7. The van der Waals surface area contributed by atoms with E-state index in [1.807, 2.05) is 52.5 Å². The minimum Gasteiger partial charge on any atom is -0.347 e. The summed E-state index contributed by atoms with van der Waals surface area (Å²) in [6.07, 6.45) is 3.07. The van der Waals surface area contributed by atoms with E-state index in [1.165, 1.54) is 21.6 Å². The number of fused-ring (bicyclic) bond motifs is 1. The Balaban J connectivity index is 1.87. The van der Waals surface area contributed by atoms with Gasteiger partial charge in [-0.05, 0) is 60.6 Å². The van der Waals surface area contributed by atoms with Gasteiger partial charge in [-0.2, -0.15) is 4.98 Å². The van der Waals surface area contributed by atoms with Gasteiger partial charge in [-0.15, -0.1) is 0 Å². The van der Waals surface area contributed by atoms with E-state index in [0.29, 0.717) is 33.4 Å². The SMILES string of the molecule is [2H]C([2H])=Cc1ccccc1-c1cc2c(cc1F)c(N1[C@@H](C)CN(C(=O)C(=C)F)C[C@@H]1C)nc(=O)n2-c1c(C(C)C)ccnc1C(C)C. The van der Waals surface area contributed by atoms with Crippen molar-refractivity contribution < 1.29 is 16.3 Å². The summed E-state index contributed by atoms with van der Waals surface area (Å²) in [5.74, 6) is -2.20. The lowest BCUT2D eigenvalue weighted by atomic mass is 9.95. The van der Waals surface area contributed by atoms with Gasteiger partial charge < -0.3 is 9.80 Å². The van der Waals surface area contributed by atoms with Gasteiger partial charge in [0.15, 0.2) is 5.83 Å². The van der Waals surface area contributed by atoms with Crippen LogP contribution in [-0.2, 0) is 4.79 Å². The minimum absolute atomic E-state index is 0.0151. The number of pyridine rings is 1. The molecule has 0 aliphatic carbocycles. The number of hydrogen-bond acceptors (Lipinski definition) is 5. The van der Waals surface area contributed by atoms with Crippen molar-refractivity contribution in [2.45, 2.75) is 65.5 Å². The molecule has 9 heteroatoms. The molecule has 7 nitrogen and oxygen atoms in total. The molecule has 2 aromatic heterocycles. The maximum absolute atomic E-state index is 16.4. The zero-order valence-corrected chi connectivity index (χ0v) is 26.4. The third-order valence-corrected chi connectivity index (χ3v) is 8.43. The van der Waals surface area contributed by atoms with Crippen molar-refractivity contribution in [3.63, 3.8) is 0 Å². The molecule has 1 aliphatic heterocycles. The summed E-state index contributed by atoms with van der Waals surface area (Å²) in [7, 11) is 0. The van der Waals surface area contributed by atoms with Gasteiger partial charge in [-0.25, -0.2) is 13.6 Å². The second-order valence-electron chi connectivity index (χ2n) is 12.3. The van der Waals surface area contributed by atoms with E-state index in [4.69, 9.17) is 2.74 Å². The van der Waals surface area contributed by atoms with Gasteiger partial charge in [0.05, 0.1) is 19.6 Å². The number of hydrogen-bond donors (Lipinski definition) is 0. The Hall–Kier alpha value is -4.66. The summed E-state index contributed by atoms with van der Waals surface area (Å²) >= 11 is 0. The first kappa shape index (κ1) is 29.1. The fourth-order valence-electron chi connectivity index (χ4n) is 6.41. The van der Waals surface area contributed by atoms with Crippen molar-refractivity contribution in [1.82, 2.24) is 19.4 Å². The van der Waals surface area contributed by atoms with Gasteiger partial charge in [-0.3, -0.25) is 14.3 Å². The number of amides is 1. The Morgan fingerprint density at radius 2 is 1.76 bits per heavy atom. The summed E-state index contributed by atoms with van der Waals surface area (Å²) in [4.78, 5) is 39.4. The van der Waals surface area contributed by atoms with E-state index in [2.05, 4.69) is 16.5 Å². The van der Waals surface area contributed by atoms with Crippen LogP contribution in [0.2, 0.25) is 0 Å². The number of carbonyl (C=O) groups is 1. The van der Waals surface area contributed by atoms with E-state index in [1.54, 1.807) is 36.5 Å². The molecule has 0 bridgehead atoms. The van der Waals surface area contributed by atoms with Crippen LogP contribution in [0.5, 0.6) is 0 Å². The predicted octanol–water partition coefficient (Wildman–Crippen LogP) is 7.39. The van der Waals surface area contributed by atoms with Gasteiger partial charge >= 0.3 is 5.69 Å². The third-order valence-electron chi connectivity index (χ3n) is 8.43. The zero-order chi connectivity index (χ0) is 34.3. The Kier molecular flexibility index (Phi) is 8.00. The maximum atomic E-state index is 16.4.